The fraction of sp³-hybridized carbons (Fsp3) is 0.750. The van der Waals surface area contributed by atoms with Crippen LogP contribution in [0.5, 0.6) is 0 Å². The minimum absolute atomic E-state index is 0.117. The van der Waals surface area contributed by atoms with Gasteiger partial charge in [0, 0.05) is 23.8 Å². The van der Waals surface area contributed by atoms with Gasteiger partial charge in [-0.05, 0) is 92.1 Å². The Balaban J connectivity index is 1.32. The Labute approximate surface area is 160 Å². The number of ketones is 1. The Morgan fingerprint density at radius 2 is 1.93 bits per heavy atom. The molecule has 3 nitrogen and oxygen atoms in total. The predicted molar refractivity (Wildman–Crippen MR) is 99.5 cm³/mol. The number of fused-ring (bicyclic) bond motifs is 10. The van der Waals surface area contributed by atoms with Gasteiger partial charge in [-0.15, -0.1) is 0 Å². The summed E-state index contributed by atoms with van der Waals surface area (Å²) in [5, 5.41) is 0. The molecule has 5 saturated carbocycles. The molecule has 0 amide bonds. The first-order valence-electron chi connectivity index (χ1n) is 11.1. The van der Waals surface area contributed by atoms with Crippen molar-refractivity contribution in [2.24, 2.45) is 46.3 Å². The lowest BCUT2D eigenvalue weighted by Gasteiger charge is -2.58. The van der Waals surface area contributed by atoms with E-state index in [1.165, 1.54) is 38.5 Å². The van der Waals surface area contributed by atoms with Crippen molar-refractivity contribution in [3.8, 4) is 0 Å². The van der Waals surface area contributed by atoms with Crippen LogP contribution in [0.1, 0.15) is 58.3 Å². The zero-order valence-electron chi connectivity index (χ0n) is 16.1. The summed E-state index contributed by atoms with van der Waals surface area (Å²) >= 11 is 0. The molecule has 7 rings (SSSR count). The number of carbonyl (C=O) groups excluding carboxylic acids is 2. The molecular weight excluding hydrogens is 336 g/mol. The van der Waals surface area contributed by atoms with Gasteiger partial charge >= 0.3 is 5.97 Å². The van der Waals surface area contributed by atoms with E-state index >= 15 is 0 Å². The normalized spacial score (nSPS) is 55.5. The summed E-state index contributed by atoms with van der Waals surface area (Å²) in [6.45, 7) is 2.44. The third-order valence-electron chi connectivity index (χ3n) is 10.3. The third kappa shape index (κ3) is 1.64. The zero-order valence-corrected chi connectivity index (χ0v) is 16.1. The van der Waals surface area contributed by atoms with E-state index < -0.39 is 0 Å². The van der Waals surface area contributed by atoms with Crippen molar-refractivity contribution in [2.45, 2.75) is 63.9 Å². The highest BCUT2D eigenvalue weighted by Gasteiger charge is 2.78. The Morgan fingerprint density at radius 1 is 1.07 bits per heavy atom. The van der Waals surface area contributed by atoms with Gasteiger partial charge in [-0.2, -0.15) is 0 Å². The molecule has 27 heavy (non-hydrogen) atoms. The van der Waals surface area contributed by atoms with E-state index in [4.69, 9.17) is 4.74 Å². The molecule has 0 aromatic heterocycles. The van der Waals surface area contributed by atoms with Crippen LogP contribution in [-0.2, 0) is 14.3 Å². The van der Waals surface area contributed by atoms with Crippen molar-refractivity contribution in [3.05, 3.63) is 23.8 Å². The van der Waals surface area contributed by atoms with Crippen LogP contribution in [0.3, 0.4) is 0 Å². The van der Waals surface area contributed by atoms with Gasteiger partial charge in [-0.25, -0.2) is 4.79 Å². The molecular formula is C24H28O3. The molecule has 0 aromatic carbocycles. The van der Waals surface area contributed by atoms with Gasteiger partial charge in [-0.1, -0.05) is 12.5 Å². The lowest BCUT2D eigenvalue weighted by atomic mass is 9.47. The van der Waals surface area contributed by atoms with Crippen molar-refractivity contribution in [1.82, 2.24) is 0 Å². The maximum atomic E-state index is 12.2. The van der Waals surface area contributed by atoms with Crippen LogP contribution in [0, 0.1) is 46.3 Å². The number of rotatable bonds is 0. The largest absolute Gasteiger partial charge is 0.451 e. The van der Waals surface area contributed by atoms with E-state index in [0.29, 0.717) is 29.0 Å². The molecule has 0 N–H and O–H groups in total. The van der Waals surface area contributed by atoms with Crippen molar-refractivity contribution >= 4 is 11.8 Å². The number of hydrogen-bond donors (Lipinski definition) is 0. The van der Waals surface area contributed by atoms with Crippen LogP contribution in [0.4, 0.5) is 0 Å². The molecule has 3 heteroatoms. The van der Waals surface area contributed by atoms with E-state index in [0.717, 1.165) is 30.6 Å². The minimum Gasteiger partial charge on any atom is -0.451 e. The summed E-state index contributed by atoms with van der Waals surface area (Å²) in [5.41, 5.74) is 1.73. The summed E-state index contributed by atoms with van der Waals surface area (Å²) < 4.78 is 6.10. The van der Waals surface area contributed by atoms with Crippen LogP contribution in [-0.4, -0.2) is 17.4 Å². The fourth-order valence-corrected chi connectivity index (χ4v) is 9.08. The number of hydrogen-bond acceptors (Lipinski definition) is 3. The minimum atomic E-state index is -0.306. The van der Waals surface area contributed by atoms with Gasteiger partial charge in [0.1, 0.15) is 5.60 Å². The van der Waals surface area contributed by atoms with Gasteiger partial charge in [0.25, 0.3) is 0 Å². The standard InChI is InChI=1S/C24H28O3/c1-22-6-4-14-15-3-2-13(25)10-18(15)23(8-9-23)12-17(14)21(22)16-11-19(16)24(22)7-5-20(26)27-24/h5,7,10,14-17,19,21H,2-4,6,8-9,11-12H2,1H3/t14?,15?,16?,17?,19?,21?,22-,24?/m0/s1. The van der Waals surface area contributed by atoms with E-state index in [1.807, 2.05) is 0 Å². The average molecular weight is 364 g/mol. The van der Waals surface area contributed by atoms with Crippen molar-refractivity contribution in [3.63, 3.8) is 0 Å². The van der Waals surface area contributed by atoms with Gasteiger partial charge in [0.05, 0.1) is 0 Å². The van der Waals surface area contributed by atoms with Gasteiger partial charge < -0.3 is 4.74 Å². The predicted octanol–water partition coefficient (Wildman–Crippen LogP) is 4.23. The quantitative estimate of drug-likeness (QED) is 0.604. The molecule has 7 aliphatic rings. The smallest absolute Gasteiger partial charge is 0.331 e. The fourth-order valence-electron chi connectivity index (χ4n) is 9.08. The first-order chi connectivity index (χ1) is 13.0. The van der Waals surface area contributed by atoms with Crippen LogP contribution in [0.25, 0.3) is 0 Å². The molecule has 0 aromatic rings. The second-order valence-electron chi connectivity index (χ2n) is 11.1. The molecule has 5 fully saturated rings. The molecule has 2 spiro atoms. The topological polar surface area (TPSA) is 43.4 Å². The lowest BCUT2D eigenvalue weighted by molar-refractivity contribution is -0.168. The Hall–Kier alpha value is -1.38. The van der Waals surface area contributed by atoms with Crippen molar-refractivity contribution in [1.29, 1.82) is 0 Å². The summed E-state index contributed by atoms with van der Waals surface area (Å²) in [6, 6.07) is 0. The number of allylic oxidation sites excluding steroid dienone is 1. The summed E-state index contributed by atoms with van der Waals surface area (Å²) in [6.07, 6.45) is 15.3. The van der Waals surface area contributed by atoms with Crippen LogP contribution in [0.2, 0.25) is 0 Å². The average Bonchev–Trinajstić information content (AvgIpc) is 3.54. The first kappa shape index (κ1) is 15.5. The Bertz CT molecular complexity index is 848. The highest BCUT2D eigenvalue weighted by molar-refractivity contribution is 5.91. The molecule has 8 atom stereocenters. The van der Waals surface area contributed by atoms with Crippen molar-refractivity contribution < 1.29 is 14.3 Å². The molecule has 7 unspecified atom stereocenters. The third-order valence-corrected chi connectivity index (χ3v) is 10.3. The van der Waals surface area contributed by atoms with E-state index in [1.54, 1.807) is 11.6 Å². The highest BCUT2D eigenvalue weighted by Crippen LogP contribution is 2.79. The molecule has 6 aliphatic carbocycles. The number of ether oxygens (including phenoxy) is 1. The summed E-state index contributed by atoms with van der Waals surface area (Å²) in [5.74, 6) is 4.45. The van der Waals surface area contributed by atoms with Crippen LogP contribution >= 0.6 is 0 Å². The van der Waals surface area contributed by atoms with E-state index in [9.17, 15) is 9.59 Å². The second-order valence-corrected chi connectivity index (χ2v) is 11.1. The Morgan fingerprint density at radius 3 is 2.67 bits per heavy atom. The van der Waals surface area contributed by atoms with Crippen molar-refractivity contribution in [2.75, 3.05) is 0 Å². The highest BCUT2D eigenvalue weighted by atomic mass is 16.6. The second kappa shape index (κ2) is 4.44. The first-order valence-corrected chi connectivity index (χ1v) is 11.1. The molecule has 0 saturated heterocycles. The monoisotopic (exact) mass is 364 g/mol. The maximum absolute atomic E-state index is 12.2. The number of esters is 1. The van der Waals surface area contributed by atoms with Gasteiger partial charge in [0.15, 0.2) is 5.78 Å². The van der Waals surface area contributed by atoms with Crippen LogP contribution < -0.4 is 0 Å². The summed E-state index contributed by atoms with van der Waals surface area (Å²) in [4.78, 5) is 24.2. The maximum Gasteiger partial charge on any atom is 0.331 e. The molecule has 0 radical (unpaired) electrons. The van der Waals surface area contributed by atoms with Crippen LogP contribution in [0.15, 0.2) is 23.8 Å². The summed E-state index contributed by atoms with van der Waals surface area (Å²) in [7, 11) is 0. The molecule has 0 bridgehead atoms. The zero-order chi connectivity index (χ0) is 18.2. The SMILES string of the molecule is C[C@]12CCC3C4CCC(=O)C=C4C4(CC4)CC3C1C1CC1C21C=CC(=O)O1. The van der Waals surface area contributed by atoms with Gasteiger partial charge in [-0.3, -0.25) is 4.79 Å². The molecule has 1 aliphatic heterocycles. The van der Waals surface area contributed by atoms with E-state index in [2.05, 4.69) is 19.1 Å². The Kier molecular flexibility index (Phi) is 2.55. The lowest BCUT2D eigenvalue weighted by Crippen LogP contribution is -2.55. The van der Waals surface area contributed by atoms with E-state index in [-0.39, 0.29) is 17.0 Å². The molecule has 1 heterocycles. The number of carbonyl (C=O) groups is 2. The van der Waals surface area contributed by atoms with Gasteiger partial charge in [0.2, 0.25) is 0 Å². The molecule has 142 valence electrons.